The number of aromatic nitrogens is 1. The molecule has 0 unspecified atom stereocenters. The van der Waals surface area contributed by atoms with Crippen LogP contribution in [0.3, 0.4) is 0 Å². The second kappa shape index (κ2) is 9.08. The summed E-state index contributed by atoms with van der Waals surface area (Å²) >= 11 is 6.44. The van der Waals surface area contributed by atoms with Crippen LogP contribution in [0.25, 0.3) is 10.9 Å². The molecule has 8 nitrogen and oxygen atoms in total. The van der Waals surface area contributed by atoms with Gasteiger partial charge in [0, 0.05) is 43.3 Å². The van der Waals surface area contributed by atoms with Crippen molar-refractivity contribution in [2.75, 3.05) is 18.9 Å². The fourth-order valence-corrected chi connectivity index (χ4v) is 4.67. The molecular formula is C24H25ClFN5O3. The third kappa shape index (κ3) is 4.36. The quantitative estimate of drug-likeness (QED) is 0.327. The molecule has 1 saturated heterocycles. The van der Waals surface area contributed by atoms with Crippen molar-refractivity contribution >= 4 is 40.1 Å². The van der Waals surface area contributed by atoms with Gasteiger partial charge < -0.3 is 16.5 Å². The first-order valence-corrected chi connectivity index (χ1v) is 11.2. The highest BCUT2D eigenvalue weighted by molar-refractivity contribution is 6.44. The number of carbonyl (C=O) groups excluding carboxylic acids is 3. The Hall–Kier alpha value is -3.43. The highest BCUT2D eigenvalue weighted by atomic mass is 35.5. The summed E-state index contributed by atoms with van der Waals surface area (Å²) in [5.74, 6) is 3.34. The smallest absolute Gasteiger partial charge is 0.289 e. The number of nitrogens with zero attached hydrogens (tertiary/aromatic N) is 3. The van der Waals surface area contributed by atoms with Gasteiger partial charge >= 0.3 is 0 Å². The maximum atomic E-state index is 13.5. The van der Waals surface area contributed by atoms with E-state index in [0.29, 0.717) is 30.5 Å². The van der Waals surface area contributed by atoms with Gasteiger partial charge in [-0.2, -0.15) is 0 Å². The summed E-state index contributed by atoms with van der Waals surface area (Å²) in [7, 11) is 0. The molecule has 1 aromatic heterocycles. The maximum Gasteiger partial charge on any atom is 0.289 e. The van der Waals surface area contributed by atoms with Crippen LogP contribution >= 0.6 is 11.6 Å². The fourth-order valence-electron chi connectivity index (χ4n) is 4.43. The number of hydrogen-bond acceptors (Lipinski definition) is 5. The molecule has 3 aromatic rings. The number of rotatable bonds is 5. The minimum Gasteiger partial charge on any atom is -0.363 e. The van der Waals surface area contributed by atoms with Gasteiger partial charge in [0.2, 0.25) is 0 Å². The van der Waals surface area contributed by atoms with Crippen molar-refractivity contribution in [1.29, 1.82) is 0 Å². The van der Waals surface area contributed by atoms with Crippen molar-refractivity contribution in [3.05, 3.63) is 70.1 Å². The molecule has 4 rings (SSSR count). The van der Waals surface area contributed by atoms with E-state index in [1.165, 1.54) is 35.1 Å². The number of fused-ring (bicyclic) bond motifs is 1. The average molecular weight is 486 g/mol. The van der Waals surface area contributed by atoms with E-state index in [9.17, 15) is 18.8 Å². The third-order valence-electron chi connectivity index (χ3n) is 6.30. The lowest BCUT2D eigenvalue weighted by Crippen LogP contribution is -2.57. The summed E-state index contributed by atoms with van der Waals surface area (Å²) in [5, 5.41) is 0.517. The van der Waals surface area contributed by atoms with E-state index in [1.54, 1.807) is 17.0 Å². The van der Waals surface area contributed by atoms with E-state index in [1.807, 2.05) is 13.8 Å². The second-order valence-electron chi connectivity index (χ2n) is 8.70. The van der Waals surface area contributed by atoms with E-state index in [2.05, 4.69) is 4.90 Å². The standard InChI is InChI=1S/C24H25ClFN5O3/c1-13-10-30(14(2)9-29(13)11-15-3-5-16(26)6-4-15)24(34)18-7-17-19(22(32)23(27)33)12-31(28)21(17)8-20(18)25/h3-8,12-14H,9-11,28H2,1-2H3,(H2,27,33)/t13-,14+/m0/s1. The van der Waals surface area contributed by atoms with Crippen molar-refractivity contribution in [3.63, 3.8) is 0 Å². The Kier molecular flexibility index (Phi) is 6.33. The first kappa shape index (κ1) is 23.7. The first-order chi connectivity index (χ1) is 16.1. The molecule has 10 heteroatoms. The normalized spacial score (nSPS) is 18.9. The summed E-state index contributed by atoms with van der Waals surface area (Å²) in [4.78, 5) is 41.2. The van der Waals surface area contributed by atoms with Crippen LogP contribution < -0.4 is 11.6 Å². The van der Waals surface area contributed by atoms with Crippen LogP contribution in [0.4, 0.5) is 4.39 Å². The molecule has 0 spiro atoms. The lowest BCUT2D eigenvalue weighted by molar-refractivity contribution is -0.114. The number of amides is 2. The third-order valence-corrected chi connectivity index (χ3v) is 6.61. The van der Waals surface area contributed by atoms with E-state index < -0.39 is 11.7 Å². The van der Waals surface area contributed by atoms with Crippen LogP contribution in [0.2, 0.25) is 5.02 Å². The lowest BCUT2D eigenvalue weighted by Gasteiger charge is -2.44. The number of primary amides is 1. The van der Waals surface area contributed by atoms with Crippen LogP contribution in [0, 0.1) is 5.82 Å². The molecule has 1 fully saturated rings. The predicted molar refractivity (Wildman–Crippen MR) is 127 cm³/mol. The Labute approximate surface area is 200 Å². The summed E-state index contributed by atoms with van der Waals surface area (Å²) in [5.41, 5.74) is 6.78. The Morgan fingerprint density at radius 2 is 1.74 bits per heavy atom. The van der Waals surface area contributed by atoms with Gasteiger partial charge in [-0.05, 0) is 43.7 Å². The largest absolute Gasteiger partial charge is 0.363 e. The molecule has 0 aliphatic carbocycles. The highest BCUT2D eigenvalue weighted by Crippen LogP contribution is 2.30. The number of piperazine rings is 1. The topological polar surface area (TPSA) is 115 Å². The number of nitrogens with two attached hydrogens (primary N) is 2. The number of Topliss-reactive ketones (excluding diaryl/α,β-unsaturated/α-hetero) is 1. The van der Waals surface area contributed by atoms with Crippen molar-refractivity contribution in [2.24, 2.45) is 5.73 Å². The minimum atomic E-state index is -1.12. The summed E-state index contributed by atoms with van der Waals surface area (Å²) < 4.78 is 14.4. The van der Waals surface area contributed by atoms with Crippen LogP contribution in [0.15, 0.2) is 42.6 Å². The first-order valence-electron chi connectivity index (χ1n) is 10.8. The minimum absolute atomic E-state index is 0.0150. The molecule has 1 aliphatic rings. The second-order valence-corrected chi connectivity index (χ2v) is 9.11. The van der Waals surface area contributed by atoms with Crippen molar-refractivity contribution < 1.29 is 18.8 Å². The number of benzene rings is 2. The molecule has 2 atom stereocenters. The van der Waals surface area contributed by atoms with Gasteiger partial charge in [-0.15, -0.1) is 0 Å². The molecule has 4 N–H and O–H groups in total. The monoisotopic (exact) mass is 485 g/mol. The summed E-state index contributed by atoms with van der Waals surface area (Å²) in [6.45, 7) is 5.70. The fraction of sp³-hybridized carbons (Fsp3) is 0.292. The number of ketones is 1. The molecule has 2 amide bonds. The Balaban J connectivity index is 1.60. The van der Waals surface area contributed by atoms with E-state index in [0.717, 1.165) is 5.56 Å². The number of nitrogen functional groups attached to an aromatic ring is 1. The zero-order valence-corrected chi connectivity index (χ0v) is 19.6. The average Bonchev–Trinajstić information content (AvgIpc) is 3.11. The van der Waals surface area contributed by atoms with Crippen molar-refractivity contribution in [2.45, 2.75) is 32.5 Å². The van der Waals surface area contributed by atoms with Gasteiger partial charge in [0.05, 0.1) is 21.7 Å². The Morgan fingerprint density at radius 3 is 2.38 bits per heavy atom. The van der Waals surface area contributed by atoms with Gasteiger partial charge in [0.25, 0.3) is 17.6 Å². The molecule has 0 bridgehead atoms. The highest BCUT2D eigenvalue weighted by Gasteiger charge is 2.33. The van der Waals surface area contributed by atoms with Crippen LogP contribution in [0.5, 0.6) is 0 Å². The Morgan fingerprint density at radius 1 is 1.06 bits per heavy atom. The molecule has 0 radical (unpaired) electrons. The Bertz CT molecular complexity index is 1290. The van der Waals surface area contributed by atoms with Crippen LogP contribution in [-0.4, -0.2) is 57.2 Å². The van der Waals surface area contributed by atoms with Gasteiger partial charge in [0.1, 0.15) is 5.82 Å². The van der Waals surface area contributed by atoms with Gasteiger partial charge in [-0.3, -0.25) is 24.0 Å². The summed E-state index contributed by atoms with van der Waals surface area (Å²) in [6, 6.07) is 9.30. The lowest BCUT2D eigenvalue weighted by atomic mass is 10.0. The van der Waals surface area contributed by atoms with E-state index in [-0.39, 0.29) is 40.0 Å². The molecule has 34 heavy (non-hydrogen) atoms. The van der Waals surface area contributed by atoms with Gasteiger partial charge in [-0.25, -0.2) is 4.39 Å². The van der Waals surface area contributed by atoms with E-state index in [4.69, 9.17) is 23.2 Å². The number of halogens is 2. The molecular weight excluding hydrogens is 461 g/mol. The summed E-state index contributed by atoms with van der Waals surface area (Å²) in [6.07, 6.45) is 1.29. The molecule has 2 heterocycles. The zero-order valence-electron chi connectivity index (χ0n) is 18.8. The SMILES string of the molecule is C[C@@H]1CN(Cc2ccc(F)cc2)[C@@H](C)CN1C(=O)c1cc2c(C(=O)C(N)=O)cn(N)c2cc1Cl. The number of hydrogen-bond donors (Lipinski definition) is 2. The van der Waals surface area contributed by atoms with Crippen LogP contribution in [0.1, 0.15) is 40.1 Å². The maximum absolute atomic E-state index is 13.5. The predicted octanol–water partition coefficient (Wildman–Crippen LogP) is 2.55. The molecule has 178 valence electrons. The van der Waals surface area contributed by atoms with E-state index >= 15 is 0 Å². The molecule has 1 aliphatic heterocycles. The number of carbonyl (C=O) groups is 3. The molecule has 2 aromatic carbocycles. The molecule has 0 saturated carbocycles. The van der Waals surface area contributed by atoms with Crippen molar-refractivity contribution in [3.8, 4) is 0 Å². The van der Waals surface area contributed by atoms with Crippen LogP contribution in [-0.2, 0) is 11.3 Å². The van der Waals surface area contributed by atoms with Crippen molar-refractivity contribution in [1.82, 2.24) is 14.5 Å². The van der Waals surface area contributed by atoms with Gasteiger partial charge in [-0.1, -0.05) is 23.7 Å². The van der Waals surface area contributed by atoms with Gasteiger partial charge in [0.15, 0.2) is 0 Å². The zero-order chi connectivity index (χ0) is 24.7.